The minimum absolute atomic E-state index is 0.313. The fourth-order valence-corrected chi connectivity index (χ4v) is 4.67. The first-order valence-electron chi connectivity index (χ1n) is 10.6. The van der Waals surface area contributed by atoms with E-state index in [4.69, 9.17) is 0 Å². The number of carbonyl (C=O) groups is 3. The third-order valence-corrected chi connectivity index (χ3v) is 6.65. The van der Waals surface area contributed by atoms with Gasteiger partial charge in [-0.15, -0.1) is 0 Å². The molecule has 3 amide bonds. The Morgan fingerprint density at radius 2 is 1.70 bits per heavy atom. The SMILES string of the molecule is Cc1ccc(-n2c(C)cc(/C=C3\SC(=O)N(CC(=O)Nc4ccccc4)C3=O)c2C)cc1C. The van der Waals surface area contributed by atoms with Gasteiger partial charge in [0.15, 0.2) is 0 Å². The molecule has 2 heterocycles. The molecule has 3 aromatic rings. The molecule has 0 atom stereocenters. The number of nitrogens with one attached hydrogen (secondary N) is 1. The van der Waals surface area contributed by atoms with Crippen LogP contribution in [-0.2, 0) is 9.59 Å². The highest BCUT2D eigenvalue weighted by atomic mass is 32.2. The lowest BCUT2D eigenvalue weighted by Crippen LogP contribution is -2.36. The smallest absolute Gasteiger partial charge is 0.294 e. The summed E-state index contributed by atoms with van der Waals surface area (Å²) < 4.78 is 2.13. The van der Waals surface area contributed by atoms with Crippen LogP contribution in [0.25, 0.3) is 11.8 Å². The van der Waals surface area contributed by atoms with Gasteiger partial charge in [-0.1, -0.05) is 24.3 Å². The molecule has 2 aromatic carbocycles. The maximum Gasteiger partial charge on any atom is 0.294 e. The van der Waals surface area contributed by atoms with E-state index in [1.165, 1.54) is 11.1 Å². The standard InChI is InChI=1S/C26H25N3O3S/c1-16-10-11-22(12-17(16)2)29-18(3)13-20(19(29)4)14-23-25(31)28(26(32)33-23)15-24(30)27-21-8-6-5-7-9-21/h5-14H,15H2,1-4H3,(H,27,30)/b23-14-. The summed E-state index contributed by atoms with van der Waals surface area (Å²) in [7, 11) is 0. The van der Waals surface area contributed by atoms with Crippen molar-refractivity contribution in [1.82, 2.24) is 9.47 Å². The number of para-hydroxylation sites is 1. The Hall–Kier alpha value is -3.58. The molecule has 1 saturated heterocycles. The van der Waals surface area contributed by atoms with E-state index >= 15 is 0 Å². The molecule has 0 aliphatic carbocycles. The number of benzene rings is 2. The molecule has 1 aliphatic rings. The quantitative estimate of drug-likeness (QED) is 0.520. The summed E-state index contributed by atoms with van der Waals surface area (Å²) in [6.07, 6.45) is 1.74. The van der Waals surface area contributed by atoms with Crippen molar-refractivity contribution in [2.24, 2.45) is 0 Å². The Morgan fingerprint density at radius 1 is 0.970 bits per heavy atom. The number of hydrogen-bond acceptors (Lipinski definition) is 4. The molecule has 7 heteroatoms. The Bertz CT molecular complexity index is 1290. The molecule has 0 unspecified atom stereocenters. The molecule has 4 rings (SSSR count). The van der Waals surface area contributed by atoms with Crippen LogP contribution in [0, 0.1) is 27.7 Å². The zero-order valence-corrected chi connectivity index (χ0v) is 19.8. The lowest BCUT2D eigenvalue weighted by atomic mass is 10.1. The molecule has 168 valence electrons. The van der Waals surface area contributed by atoms with Crippen molar-refractivity contribution >= 4 is 40.6 Å². The van der Waals surface area contributed by atoms with Crippen molar-refractivity contribution in [2.45, 2.75) is 27.7 Å². The van der Waals surface area contributed by atoms with Crippen molar-refractivity contribution in [3.8, 4) is 5.69 Å². The summed E-state index contributed by atoms with van der Waals surface area (Å²) >= 11 is 0.858. The topological polar surface area (TPSA) is 71.4 Å². The van der Waals surface area contributed by atoms with Gasteiger partial charge in [0.2, 0.25) is 5.91 Å². The summed E-state index contributed by atoms with van der Waals surface area (Å²) in [4.78, 5) is 39.0. The van der Waals surface area contributed by atoms with Crippen LogP contribution in [-0.4, -0.2) is 33.1 Å². The molecule has 1 fully saturated rings. The van der Waals surface area contributed by atoms with E-state index in [9.17, 15) is 14.4 Å². The Labute approximate surface area is 197 Å². The molecule has 6 nitrogen and oxygen atoms in total. The summed E-state index contributed by atoms with van der Waals surface area (Å²) in [6.45, 7) is 7.84. The normalized spacial score (nSPS) is 14.9. The number of carbonyl (C=O) groups excluding carboxylic acids is 3. The number of hydrogen-bond donors (Lipinski definition) is 1. The fraction of sp³-hybridized carbons (Fsp3) is 0.192. The van der Waals surface area contributed by atoms with Crippen molar-refractivity contribution < 1.29 is 14.4 Å². The number of aryl methyl sites for hydroxylation is 3. The third-order valence-electron chi connectivity index (χ3n) is 5.74. The monoisotopic (exact) mass is 459 g/mol. The molecule has 33 heavy (non-hydrogen) atoms. The third kappa shape index (κ3) is 4.64. The summed E-state index contributed by atoms with van der Waals surface area (Å²) in [5, 5.41) is 2.26. The largest absolute Gasteiger partial charge is 0.325 e. The maximum absolute atomic E-state index is 12.9. The number of amides is 3. The van der Waals surface area contributed by atoms with E-state index in [0.29, 0.717) is 10.6 Å². The highest BCUT2D eigenvalue weighted by Gasteiger charge is 2.36. The van der Waals surface area contributed by atoms with Crippen LogP contribution in [0.4, 0.5) is 10.5 Å². The van der Waals surface area contributed by atoms with Crippen LogP contribution < -0.4 is 5.32 Å². The second-order valence-corrected chi connectivity index (χ2v) is 9.11. The highest BCUT2D eigenvalue weighted by Crippen LogP contribution is 2.34. The second-order valence-electron chi connectivity index (χ2n) is 8.11. The number of nitrogens with zero attached hydrogens (tertiary/aromatic N) is 2. The van der Waals surface area contributed by atoms with E-state index in [-0.39, 0.29) is 6.54 Å². The molecule has 0 bridgehead atoms. The van der Waals surface area contributed by atoms with E-state index in [2.05, 4.69) is 41.9 Å². The summed E-state index contributed by atoms with van der Waals surface area (Å²) in [5.41, 5.74) is 6.97. The van der Waals surface area contributed by atoms with Crippen LogP contribution in [0.15, 0.2) is 59.5 Å². The minimum atomic E-state index is -0.454. The minimum Gasteiger partial charge on any atom is -0.325 e. The first kappa shape index (κ1) is 22.6. The van der Waals surface area contributed by atoms with Crippen molar-refractivity contribution in [3.05, 3.63) is 87.6 Å². The van der Waals surface area contributed by atoms with Crippen LogP contribution in [0.3, 0.4) is 0 Å². The molecule has 0 radical (unpaired) electrons. The summed E-state index contributed by atoms with van der Waals surface area (Å²) in [5.74, 6) is -0.873. The van der Waals surface area contributed by atoms with Gasteiger partial charge in [-0.3, -0.25) is 19.3 Å². The van der Waals surface area contributed by atoms with E-state index < -0.39 is 17.1 Å². The number of aromatic nitrogens is 1. The highest BCUT2D eigenvalue weighted by molar-refractivity contribution is 8.18. The number of thioether (sulfide) groups is 1. The number of anilines is 1. The lowest BCUT2D eigenvalue weighted by Gasteiger charge is -2.12. The van der Waals surface area contributed by atoms with Gasteiger partial charge in [-0.2, -0.15) is 0 Å². The van der Waals surface area contributed by atoms with E-state index in [1.807, 2.05) is 26.0 Å². The lowest BCUT2D eigenvalue weighted by molar-refractivity contribution is -0.127. The Kier molecular flexibility index (Phi) is 6.24. The van der Waals surface area contributed by atoms with Gasteiger partial charge in [0, 0.05) is 22.8 Å². The predicted molar refractivity (Wildman–Crippen MR) is 132 cm³/mol. The zero-order valence-electron chi connectivity index (χ0n) is 19.0. The molecule has 0 saturated carbocycles. The molecule has 1 aromatic heterocycles. The van der Waals surface area contributed by atoms with E-state index in [0.717, 1.165) is 39.3 Å². The van der Waals surface area contributed by atoms with Gasteiger partial charge >= 0.3 is 0 Å². The molecular weight excluding hydrogens is 434 g/mol. The second kappa shape index (κ2) is 9.11. The van der Waals surface area contributed by atoms with Crippen molar-refractivity contribution in [3.63, 3.8) is 0 Å². The number of imide groups is 1. The Balaban J connectivity index is 1.55. The van der Waals surface area contributed by atoms with Gasteiger partial charge in [0.25, 0.3) is 11.1 Å². The predicted octanol–water partition coefficient (Wildman–Crippen LogP) is 5.39. The van der Waals surface area contributed by atoms with Gasteiger partial charge in [-0.05, 0) is 92.6 Å². The average molecular weight is 460 g/mol. The van der Waals surface area contributed by atoms with Gasteiger partial charge in [-0.25, -0.2) is 0 Å². The maximum atomic E-state index is 12.9. The zero-order chi connectivity index (χ0) is 23.7. The van der Waals surface area contributed by atoms with Gasteiger partial charge < -0.3 is 9.88 Å². The fourth-order valence-electron chi connectivity index (χ4n) is 3.84. The van der Waals surface area contributed by atoms with Crippen LogP contribution in [0.5, 0.6) is 0 Å². The summed E-state index contributed by atoms with van der Waals surface area (Å²) in [6, 6.07) is 17.2. The first-order valence-corrected chi connectivity index (χ1v) is 11.4. The van der Waals surface area contributed by atoms with Crippen LogP contribution >= 0.6 is 11.8 Å². The van der Waals surface area contributed by atoms with E-state index in [1.54, 1.807) is 30.3 Å². The Morgan fingerprint density at radius 3 is 2.39 bits per heavy atom. The van der Waals surface area contributed by atoms with Gasteiger partial charge in [0.05, 0.1) is 4.91 Å². The molecular formula is C26H25N3O3S. The average Bonchev–Trinajstić information content (AvgIpc) is 3.20. The molecule has 0 spiro atoms. The van der Waals surface area contributed by atoms with Crippen LogP contribution in [0.2, 0.25) is 0 Å². The van der Waals surface area contributed by atoms with Crippen molar-refractivity contribution in [2.75, 3.05) is 11.9 Å². The van der Waals surface area contributed by atoms with Gasteiger partial charge in [0.1, 0.15) is 6.54 Å². The van der Waals surface area contributed by atoms with Crippen molar-refractivity contribution in [1.29, 1.82) is 0 Å². The first-order chi connectivity index (χ1) is 15.7. The van der Waals surface area contributed by atoms with Crippen LogP contribution in [0.1, 0.15) is 28.1 Å². The molecule has 1 N–H and O–H groups in total. The number of rotatable bonds is 5. The molecule has 1 aliphatic heterocycles.